The number of morpholine rings is 1. The van der Waals surface area contributed by atoms with Crippen molar-refractivity contribution in [2.24, 2.45) is 5.92 Å². The van der Waals surface area contributed by atoms with E-state index in [1.165, 1.54) is 31.4 Å². The number of hydrogen-bond acceptors (Lipinski definition) is 3. The zero-order chi connectivity index (χ0) is 19.6. The van der Waals surface area contributed by atoms with Crippen LogP contribution in [0.5, 0.6) is 0 Å². The summed E-state index contributed by atoms with van der Waals surface area (Å²) in [4.78, 5) is 28.8. The Morgan fingerprint density at radius 3 is 2.79 bits per heavy atom. The van der Waals surface area contributed by atoms with Crippen molar-refractivity contribution >= 4 is 17.5 Å². The first-order chi connectivity index (χ1) is 13.5. The third-order valence-electron chi connectivity index (χ3n) is 6.45. The van der Waals surface area contributed by atoms with Gasteiger partial charge < -0.3 is 14.5 Å². The normalized spacial score (nSPS) is 26.7. The average Bonchev–Trinajstić information content (AvgIpc) is 2.71. The third kappa shape index (κ3) is 4.22. The van der Waals surface area contributed by atoms with Gasteiger partial charge in [-0.3, -0.25) is 9.59 Å². The quantitative estimate of drug-likeness (QED) is 0.796. The highest BCUT2D eigenvalue weighted by molar-refractivity contribution is 5.95. The van der Waals surface area contributed by atoms with E-state index in [1.54, 1.807) is 17.0 Å². The van der Waals surface area contributed by atoms with Gasteiger partial charge in [0.05, 0.1) is 13.1 Å². The topological polar surface area (TPSA) is 49.9 Å². The van der Waals surface area contributed by atoms with Crippen LogP contribution >= 0.6 is 0 Å². The summed E-state index contributed by atoms with van der Waals surface area (Å²) >= 11 is 0. The molecule has 0 aromatic heterocycles. The summed E-state index contributed by atoms with van der Waals surface area (Å²) in [6.07, 6.45) is 8.36. The van der Waals surface area contributed by atoms with Crippen LogP contribution in [-0.4, -0.2) is 48.6 Å². The Labute approximate surface area is 165 Å². The van der Waals surface area contributed by atoms with E-state index in [1.807, 2.05) is 4.90 Å². The summed E-state index contributed by atoms with van der Waals surface area (Å²) in [7, 11) is 0. The van der Waals surface area contributed by atoms with E-state index in [0.717, 1.165) is 32.2 Å². The van der Waals surface area contributed by atoms with Gasteiger partial charge in [0, 0.05) is 18.7 Å². The van der Waals surface area contributed by atoms with Crippen molar-refractivity contribution in [3.8, 4) is 0 Å². The molecule has 2 heterocycles. The minimum absolute atomic E-state index is 0.0266. The lowest BCUT2D eigenvalue weighted by molar-refractivity contribution is -0.154. The van der Waals surface area contributed by atoms with E-state index in [4.69, 9.17) is 4.74 Å². The second kappa shape index (κ2) is 8.19. The first-order valence-electron chi connectivity index (χ1n) is 10.5. The van der Waals surface area contributed by atoms with Crippen molar-refractivity contribution in [2.45, 2.75) is 57.0 Å². The van der Waals surface area contributed by atoms with E-state index in [-0.39, 0.29) is 24.2 Å². The lowest BCUT2D eigenvalue weighted by Gasteiger charge is -2.47. The molecular formula is C22H29FN2O3. The van der Waals surface area contributed by atoms with Crippen molar-refractivity contribution in [2.75, 3.05) is 31.1 Å². The maximum Gasteiger partial charge on any atom is 0.253 e. The molecule has 1 unspecified atom stereocenters. The van der Waals surface area contributed by atoms with E-state index in [0.29, 0.717) is 31.1 Å². The zero-order valence-corrected chi connectivity index (χ0v) is 16.4. The fourth-order valence-electron chi connectivity index (χ4n) is 4.92. The van der Waals surface area contributed by atoms with Crippen LogP contribution in [0.2, 0.25) is 0 Å². The molecule has 152 valence electrons. The lowest BCUT2D eigenvalue weighted by Crippen LogP contribution is -2.62. The molecule has 2 amide bonds. The Morgan fingerprint density at radius 2 is 2.00 bits per heavy atom. The number of nitrogens with zero attached hydrogens (tertiary/aromatic N) is 2. The number of carbonyl (C=O) groups excluding carboxylic acids is 2. The largest absolute Gasteiger partial charge is 0.361 e. The fraction of sp³-hybridized carbons (Fsp3) is 0.636. The summed E-state index contributed by atoms with van der Waals surface area (Å²) in [5, 5.41) is 0. The molecule has 0 radical (unpaired) electrons. The van der Waals surface area contributed by atoms with Crippen molar-refractivity contribution in [1.82, 2.24) is 4.90 Å². The molecule has 1 atom stereocenters. The first-order valence-corrected chi connectivity index (χ1v) is 10.5. The molecule has 1 saturated carbocycles. The fourth-order valence-corrected chi connectivity index (χ4v) is 4.92. The summed E-state index contributed by atoms with van der Waals surface area (Å²) in [6.45, 7) is 1.60. The molecule has 5 nitrogen and oxygen atoms in total. The summed E-state index contributed by atoms with van der Waals surface area (Å²) < 4.78 is 19.6. The van der Waals surface area contributed by atoms with E-state index in [9.17, 15) is 14.0 Å². The summed E-state index contributed by atoms with van der Waals surface area (Å²) in [6, 6.07) is 6.11. The number of likely N-dealkylation sites (tertiary alicyclic amines) is 1. The molecule has 0 bridgehead atoms. The Balaban J connectivity index is 1.44. The molecule has 1 aliphatic carbocycles. The summed E-state index contributed by atoms with van der Waals surface area (Å²) in [5.74, 6) is 0.196. The van der Waals surface area contributed by atoms with Gasteiger partial charge in [-0.1, -0.05) is 25.3 Å². The Kier molecular flexibility index (Phi) is 5.67. The standard InChI is InChI=1S/C22H29FN2O3/c23-18-8-4-9-19(13-18)25-16-22(28-14-21(25)27)10-5-11-24(15-22)20(26)12-17-6-2-1-3-7-17/h4,8-9,13,17H,1-3,5-7,10-12,14-16H2. The number of ether oxygens (including phenoxy) is 1. The van der Waals surface area contributed by atoms with Crippen LogP contribution in [0.15, 0.2) is 24.3 Å². The highest BCUT2D eigenvalue weighted by Crippen LogP contribution is 2.33. The first kappa shape index (κ1) is 19.4. The molecule has 6 heteroatoms. The molecule has 1 aromatic rings. The van der Waals surface area contributed by atoms with E-state index in [2.05, 4.69) is 0 Å². The van der Waals surface area contributed by atoms with Crippen LogP contribution in [0.3, 0.4) is 0 Å². The van der Waals surface area contributed by atoms with Gasteiger partial charge in [-0.05, 0) is 49.8 Å². The van der Waals surface area contributed by atoms with Gasteiger partial charge in [0.25, 0.3) is 5.91 Å². The highest BCUT2D eigenvalue weighted by Gasteiger charge is 2.44. The Morgan fingerprint density at radius 1 is 1.18 bits per heavy atom. The molecule has 1 aromatic carbocycles. The molecule has 4 rings (SSSR count). The predicted octanol–water partition coefficient (Wildman–Crippen LogP) is 3.52. The Hall–Kier alpha value is -1.95. The second-order valence-electron chi connectivity index (χ2n) is 8.56. The number of rotatable bonds is 3. The van der Waals surface area contributed by atoms with Crippen molar-refractivity contribution in [3.05, 3.63) is 30.1 Å². The van der Waals surface area contributed by atoms with Gasteiger partial charge in [0.1, 0.15) is 18.0 Å². The van der Waals surface area contributed by atoms with E-state index < -0.39 is 5.60 Å². The maximum absolute atomic E-state index is 13.7. The summed E-state index contributed by atoms with van der Waals surface area (Å²) in [5.41, 5.74) is -0.000849. The average molecular weight is 388 g/mol. The van der Waals surface area contributed by atoms with Crippen LogP contribution in [0.4, 0.5) is 10.1 Å². The van der Waals surface area contributed by atoms with Gasteiger partial charge in [-0.15, -0.1) is 0 Å². The lowest BCUT2D eigenvalue weighted by atomic mass is 9.85. The van der Waals surface area contributed by atoms with Gasteiger partial charge in [0.2, 0.25) is 5.91 Å². The van der Waals surface area contributed by atoms with E-state index >= 15 is 0 Å². The van der Waals surface area contributed by atoms with Gasteiger partial charge in [-0.25, -0.2) is 4.39 Å². The predicted molar refractivity (Wildman–Crippen MR) is 104 cm³/mol. The smallest absolute Gasteiger partial charge is 0.253 e. The minimum Gasteiger partial charge on any atom is -0.361 e. The molecule has 3 aliphatic rings. The number of amides is 2. The number of carbonyl (C=O) groups is 2. The number of halogens is 1. The molecule has 28 heavy (non-hydrogen) atoms. The number of piperidine rings is 1. The maximum atomic E-state index is 13.7. The van der Waals surface area contributed by atoms with Crippen LogP contribution in [0.25, 0.3) is 0 Å². The van der Waals surface area contributed by atoms with Crippen molar-refractivity contribution < 1.29 is 18.7 Å². The molecular weight excluding hydrogens is 359 g/mol. The molecule has 2 saturated heterocycles. The molecule has 1 spiro atoms. The van der Waals surface area contributed by atoms with Crippen molar-refractivity contribution in [3.63, 3.8) is 0 Å². The molecule has 2 aliphatic heterocycles. The minimum atomic E-state index is -0.555. The van der Waals surface area contributed by atoms with Crippen molar-refractivity contribution in [1.29, 1.82) is 0 Å². The second-order valence-corrected chi connectivity index (χ2v) is 8.56. The van der Waals surface area contributed by atoms with Gasteiger partial charge >= 0.3 is 0 Å². The van der Waals surface area contributed by atoms with Gasteiger partial charge in [0.15, 0.2) is 0 Å². The molecule has 3 fully saturated rings. The monoisotopic (exact) mass is 388 g/mol. The van der Waals surface area contributed by atoms with Crippen LogP contribution < -0.4 is 4.90 Å². The third-order valence-corrected chi connectivity index (χ3v) is 6.45. The van der Waals surface area contributed by atoms with Gasteiger partial charge in [-0.2, -0.15) is 0 Å². The number of hydrogen-bond donors (Lipinski definition) is 0. The highest BCUT2D eigenvalue weighted by atomic mass is 19.1. The molecule has 0 N–H and O–H groups in total. The zero-order valence-electron chi connectivity index (χ0n) is 16.4. The Bertz CT molecular complexity index is 734. The number of anilines is 1. The van der Waals surface area contributed by atoms with Crippen LogP contribution in [0.1, 0.15) is 51.4 Å². The SMILES string of the molecule is O=C(CC1CCCCC1)N1CCCC2(C1)CN(c1cccc(F)c1)C(=O)CO2. The van der Waals surface area contributed by atoms with Crippen LogP contribution in [-0.2, 0) is 14.3 Å². The van der Waals surface area contributed by atoms with Crippen LogP contribution in [0, 0.1) is 11.7 Å². The number of benzene rings is 1.